The van der Waals surface area contributed by atoms with Crippen LogP contribution < -0.4 is 0 Å². The molecule has 0 N–H and O–H groups in total. The zero-order valence-electron chi connectivity index (χ0n) is 15.3. The molecule has 0 radical (unpaired) electrons. The van der Waals surface area contributed by atoms with E-state index in [0.717, 1.165) is 48.3 Å². The minimum absolute atomic E-state index is 0.180. The molecule has 1 unspecified atom stereocenters. The number of benzene rings is 2. The number of rotatable bonds is 6. The first-order valence-corrected chi connectivity index (χ1v) is 10.2. The third kappa shape index (κ3) is 4.39. The molecule has 0 amide bonds. The summed E-state index contributed by atoms with van der Waals surface area (Å²) in [5, 5.41) is 9.68. The maximum atomic E-state index is 13.3. The molecule has 1 aliphatic heterocycles. The van der Waals surface area contributed by atoms with Gasteiger partial charge in [-0.1, -0.05) is 41.6 Å². The van der Waals surface area contributed by atoms with Gasteiger partial charge in [0.15, 0.2) is 11.0 Å². The summed E-state index contributed by atoms with van der Waals surface area (Å²) in [4.78, 5) is 0. The highest BCUT2D eigenvalue weighted by Crippen LogP contribution is 2.28. The van der Waals surface area contributed by atoms with Gasteiger partial charge in [-0.15, -0.1) is 10.2 Å². The van der Waals surface area contributed by atoms with E-state index in [1.807, 2.05) is 0 Å². The molecule has 3 aromatic rings. The van der Waals surface area contributed by atoms with Gasteiger partial charge in [0.2, 0.25) is 0 Å². The van der Waals surface area contributed by atoms with Crippen molar-refractivity contribution < 1.29 is 9.13 Å². The summed E-state index contributed by atoms with van der Waals surface area (Å²) in [5.41, 5.74) is 3.37. The minimum Gasteiger partial charge on any atom is -0.376 e. The van der Waals surface area contributed by atoms with Crippen molar-refractivity contribution in [2.75, 3.05) is 6.61 Å². The van der Waals surface area contributed by atoms with Gasteiger partial charge in [0.05, 0.1) is 12.6 Å². The van der Waals surface area contributed by atoms with Gasteiger partial charge in [-0.25, -0.2) is 4.39 Å². The molecule has 0 spiro atoms. The summed E-state index contributed by atoms with van der Waals surface area (Å²) in [6.45, 7) is 3.62. The smallest absolute Gasteiger partial charge is 0.191 e. The van der Waals surface area contributed by atoms with Gasteiger partial charge in [-0.2, -0.15) is 0 Å². The SMILES string of the molecule is Cc1ccc(CSc2nnc(-c3ccc(F)cc3)n2CC2CCCO2)cc1. The highest BCUT2D eigenvalue weighted by Gasteiger charge is 2.21. The predicted octanol–water partition coefficient (Wildman–Crippen LogP) is 4.86. The van der Waals surface area contributed by atoms with E-state index >= 15 is 0 Å². The molecule has 27 heavy (non-hydrogen) atoms. The molecule has 2 aromatic carbocycles. The summed E-state index contributed by atoms with van der Waals surface area (Å²) in [5.74, 6) is 1.34. The number of hydrogen-bond donors (Lipinski definition) is 0. The van der Waals surface area contributed by atoms with Crippen molar-refractivity contribution in [2.45, 2.75) is 43.3 Å². The number of halogens is 1. The lowest BCUT2D eigenvalue weighted by atomic mass is 10.2. The number of thioether (sulfide) groups is 1. The molecule has 2 heterocycles. The molecule has 1 saturated heterocycles. The van der Waals surface area contributed by atoms with Crippen molar-refractivity contribution in [1.29, 1.82) is 0 Å². The maximum Gasteiger partial charge on any atom is 0.191 e. The largest absolute Gasteiger partial charge is 0.376 e. The molecule has 4 nitrogen and oxygen atoms in total. The average Bonchev–Trinajstić information content (AvgIpc) is 3.33. The second-order valence-corrected chi connectivity index (χ2v) is 7.78. The van der Waals surface area contributed by atoms with E-state index in [0.29, 0.717) is 0 Å². The van der Waals surface area contributed by atoms with E-state index in [9.17, 15) is 4.39 Å². The van der Waals surface area contributed by atoms with Crippen molar-refractivity contribution in [1.82, 2.24) is 14.8 Å². The van der Waals surface area contributed by atoms with E-state index in [1.54, 1.807) is 23.9 Å². The monoisotopic (exact) mass is 383 g/mol. The Morgan fingerprint density at radius 1 is 1.11 bits per heavy atom. The number of ether oxygens (including phenoxy) is 1. The van der Waals surface area contributed by atoms with Gasteiger partial charge < -0.3 is 4.74 Å². The van der Waals surface area contributed by atoms with Crippen LogP contribution in [0.2, 0.25) is 0 Å². The Bertz CT molecular complexity index is 887. The van der Waals surface area contributed by atoms with Crippen LogP contribution in [-0.4, -0.2) is 27.5 Å². The molecular weight excluding hydrogens is 361 g/mol. The Balaban J connectivity index is 1.59. The molecule has 1 aromatic heterocycles. The Labute approximate surface area is 162 Å². The lowest BCUT2D eigenvalue weighted by molar-refractivity contribution is 0.0953. The van der Waals surface area contributed by atoms with E-state index in [2.05, 4.69) is 46.0 Å². The lowest BCUT2D eigenvalue weighted by Crippen LogP contribution is -2.16. The molecule has 1 atom stereocenters. The summed E-state index contributed by atoms with van der Waals surface area (Å²) < 4.78 is 21.2. The fraction of sp³-hybridized carbons (Fsp3) is 0.333. The summed E-state index contributed by atoms with van der Waals surface area (Å²) in [6.07, 6.45) is 2.31. The second kappa shape index (κ2) is 8.23. The van der Waals surface area contributed by atoms with Crippen LogP contribution in [0.25, 0.3) is 11.4 Å². The molecule has 6 heteroatoms. The number of aryl methyl sites for hydroxylation is 1. The first-order chi connectivity index (χ1) is 13.2. The van der Waals surface area contributed by atoms with Gasteiger partial charge in [0, 0.05) is 17.9 Å². The Morgan fingerprint density at radius 3 is 2.59 bits per heavy atom. The van der Waals surface area contributed by atoms with Crippen molar-refractivity contribution in [3.05, 3.63) is 65.5 Å². The third-order valence-corrected chi connectivity index (χ3v) is 5.76. The Kier molecular flexibility index (Phi) is 5.55. The average molecular weight is 383 g/mol. The van der Waals surface area contributed by atoms with E-state index in [4.69, 9.17) is 4.74 Å². The molecule has 1 fully saturated rings. The molecule has 4 rings (SSSR count). The van der Waals surface area contributed by atoms with Crippen LogP contribution in [0.3, 0.4) is 0 Å². The first-order valence-electron chi connectivity index (χ1n) is 9.18. The van der Waals surface area contributed by atoms with Crippen LogP contribution in [0.1, 0.15) is 24.0 Å². The van der Waals surface area contributed by atoms with Gasteiger partial charge in [0.25, 0.3) is 0 Å². The summed E-state index contributed by atoms with van der Waals surface area (Å²) in [7, 11) is 0. The minimum atomic E-state index is -0.252. The van der Waals surface area contributed by atoms with E-state index < -0.39 is 0 Å². The van der Waals surface area contributed by atoms with Gasteiger partial charge in [-0.3, -0.25) is 4.57 Å². The highest BCUT2D eigenvalue weighted by atomic mass is 32.2. The third-order valence-electron chi connectivity index (χ3n) is 4.72. The van der Waals surface area contributed by atoms with Crippen molar-refractivity contribution in [2.24, 2.45) is 0 Å². The van der Waals surface area contributed by atoms with Gasteiger partial charge in [0.1, 0.15) is 5.82 Å². The first kappa shape index (κ1) is 18.2. The molecule has 0 saturated carbocycles. The zero-order valence-corrected chi connectivity index (χ0v) is 16.1. The molecule has 0 aliphatic carbocycles. The molecular formula is C21H22FN3OS. The van der Waals surface area contributed by atoms with Crippen LogP contribution >= 0.6 is 11.8 Å². The van der Waals surface area contributed by atoms with Crippen LogP contribution in [-0.2, 0) is 17.0 Å². The van der Waals surface area contributed by atoms with Crippen molar-refractivity contribution >= 4 is 11.8 Å². The van der Waals surface area contributed by atoms with Crippen molar-refractivity contribution in [3.8, 4) is 11.4 Å². The Hall–Kier alpha value is -2.18. The normalized spacial score (nSPS) is 16.7. The standard InChI is InChI=1S/C21H22FN3OS/c1-15-4-6-16(7-5-15)14-27-21-24-23-20(17-8-10-18(22)11-9-17)25(21)13-19-3-2-12-26-19/h4-11,19H,2-3,12-14H2,1H3. The summed E-state index contributed by atoms with van der Waals surface area (Å²) >= 11 is 1.67. The number of aromatic nitrogens is 3. The predicted molar refractivity (Wildman–Crippen MR) is 105 cm³/mol. The van der Waals surface area contributed by atoms with Gasteiger partial charge >= 0.3 is 0 Å². The molecule has 140 valence electrons. The summed E-state index contributed by atoms with van der Waals surface area (Å²) in [6, 6.07) is 14.9. The second-order valence-electron chi connectivity index (χ2n) is 6.83. The molecule has 1 aliphatic rings. The highest BCUT2D eigenvalue weighted by molar-refractivity contribution is 7.98. The van der Waals surface area contributed by atoms with Gasteiger partial charge in [-0.05, 0) is 49.6 Å². The quantitative estimate of drug-likeness (QED) is 0.570. The number of nitrogens with zero attached hydrogens (tertiary/aromatic N) is 3. The van der Waals surface area contributed by atoms with Crippen LogP contribution in [0.15, 0.2) is 53.7 Å². The number of hydrogen-bond acceptors (Lipinski definition) is 4. The van der Waals surface area contributed by atoms with E-state index in [1.165, 1.54) is 23.3 Å². The lowest BCUT2D eigenvalue weighted by Gasteiger charge is -2.14. The zero-order chi connectivity index (χ0) is 18.6. The van der Waals surface area contributed by atoms with Crippen LogP contribution in [0.4, 0.5) is 4.39 Å². The maximum absolute atomic E-state index is 13.3. The van der Waals surface area contributed by atoms with E-state index in [-0.39, 0.29) is 11.9 Å². The Morgan fingerprint density at radius 2 is 1.89 bits per heavy atom. The molecule has 0 bridgehead atoms. The van der Waals surface area contributed by atoms with Crippen LogP contribution in [0.5, 0.6) is 0 Å². The van der Waals surface area contributed by atoms with Crippen LogP contribution in [0, 0.1) is 12.7 Å². The topological polar surface area (TPSA) is 39.9 Å². The fourth-order valence-electron chi connectivity index (χ4n) is 3.20. The van der Waals surface area contributed by atoms with Crippen molar-refractivity contribution in [3.63, 3.8) is 0 Å². The fourth-order valence-corrected chi connectivity index (χ4v) is 4.10.